The van der Waals surface area contributed by atoms with Crippen molar-refractivity contribution in [2.75, 3.05) is 25.0 Å². The second kappa shape index (κ2) is 8.37. The zero-order valence-corrected chi connectivity index (χ0v) is 16.2. The van der Waals surface area contributed by atoms with Crippen LogP contribution in [0.2, 0.25) is 0 Å². The smallest absolute Gasteiger partial charge is 0.291 e. The molecule has 2 rings (SSSR count). The van der Waals surface area contributed by atoms with Crippen LogP contribution in [0.4, 0.5) is 5.69 Å². The van der Waals surface area contributed by atoms with Crippen LogP contribution in [0.15, 0.2) is 39.6 Å². The van der Waals surface area contributed by atoms with E-state index in [0.717, 1.165) is 0 Å². The van der Waals surface area contributed by atoms with E-state index in [1.165, 1.54) is 10.4 Å². The molecule has 1 N–H and O–H groups in total. The van der Waals surface area contributed by atoms with Crippen LogP contribution >= 0.6 is 0 Å². The Kier molecular flexibility index (Phi) is 6.44. The van der Waals surface area contributed by atoms with E-state index in [-0.39, 0.29) is 16.4 Å². The number of nitrogens with zero attached hydrogens (tertiary/aromatic N) is 1. The molecule has 1 aromatic carbocycles. The topological polar surface area (TPSA) is 88.8 Å². The molecule has 0 fully saturated rings. The lowest BCUT2D eigenvalue weighted by Gasteiger charge is -2.21. The molecular formula is C18H24N2O5S. The maximum atomic E-state index is 12.9. The largest absolute Gasteiger partial charge is 0.492 e. The zero-order chi connectivity index (χ0) is 19.3. The molecule has 0 aliphatic rings. The molecule has 142 valence electrons. The van der Waals surface area contributed by atoms with Gasteiger partial charge < -0.3 is 14.5 Å². The van der Waals surface area contributed by atoms with E-state index >= 15 is 0 Å². The first-order valence-corrected chi connectivity index (χ1v) is 9.92. The van der Waals surface area contributed by atoms with Gasteiger partial charge in [0.05, 0.1) is 6.61 Å². The van der Waals surface area contributed by atoms with E-state index in [0.29, 0.717) is 31.1 Å². The summed E-state index contributed by atoms with van der Waals surface area (Å²) in [5.74, 6) is 0.580. The number of benzene rings is 1. The van der Waals surface area contributed by atoms with Gasteiger partial charge in [-0.25, -0.2) is 8.42 Å². The molecule has 0 radical (unpaired) electrons. The minimum atomic E-state index is -3.74. The number of ether oxygens (including phenoxy) is 1. The number of nitrogens with one attached hydrogen (secondary N) is 1. The third-order valence-electron chi connectivity index (χ3n) is 3.79. The molecular weight excluding hydrogens is 356 g/mol. The molecule has 26 heavy (non-hydrogen) atoms. The fraction of sp³-hybridized carbons (Fsp3) is 0.389. The van der Waals surface area contributed by atoms with Gasteiger partial charge in [0, 0.05) is 18.8 Å². The molecule has 1 heterocycles. The Hall–Kier alpha value is -2.32. The van der Waals surface area contributed by atoms with Crippen LogP contribution in [0.3, 0.4) is 0 Å². The van der Waals surface area contributed by atoms with Gasteiger partial charge in [0.25, 0.3) is 5.91 Å². The molecule has 2 aromatic rings. The van der Waals surface area contributed by atoms with Crippen molar-refractivity contribution in [2.24, 2.45) is 0 Å². The average Bonchev–Trinajstić information content (AvgIpc) is 3.04. The van der Waals surface area contributed by atoms with Crippen molar-refractivity contribution in [3.05, 3.63) is 41.9 Å². The van der Waals surface area contributed by atoms with Crippen LogP contribution in [-0.2, 0) is 10.0 Å². The Balaban J connectivity index is 2.40. The van der Waals surface area contributed by atoms with Crippen molar-refractivity contribution < 1.29 is 22.4 Å². The second-order valence-electron chi connectivity index (χ2n) is 5.55. The Bertz CT molecular complexity index is 869. The third kappa shape index (κ3) is 4.25. The van der Waals surface area contributed by atoms with Gasteiger partial charge in [-0.15, -0.1) is 0 Å². The minimum absolute atomic E-state index is 0.0245. The number of hydrogen-bond acceptors (Lipinski definition) is 5. The molecule has 0 aliphatic heterocycles. The Morgan fingerprint density at radius 3 is 2.38 bits per heavy atom. The standard InChI is InChI=1S/C18H24N2O5S/c1-5-20(6-2)26(22,23)17-12-14(9-11-15(17)24-7-3)19-18(21)16-10-8-13(4)25-16/h8-12H,5-7H2,1-4H3,(H,19,21). The van der Waals surface area contributed by atoms with Gasteiger partial charge in [-0.3, -0.25) is 4.79 Å². The molecule has 0 saturated carbocycles. The molecule has 0 unspecified atom stereocenters. The molecule has 1 amide bonds. The zero-order valence-electron chi connectivity index (χ0n) is 15.4. The van der Waals surface area contributed by atoms with Crippen LogP contribution in [0.1, 0.15) is 37.1 Å². The summed E-state index contributed by atoms with van der Waals surface area (Å²) in [6.45, 7) is 8.07. The number of sulfonamides is 1. The van der Waals surface area contributed by atoms with Gasteiger partial charge in [0.1, 0.15) is 16.4 Å². The summed E-state index contributed by atoms with van der Waals surface area (Å²) in [5, 5.41) is 2.66. The van der Waals surface area contributed by atoms with Crippen molar-refractivity contribution in [2.45, 2.75) is 32.6 Å². The summed E-state index contributed by atoms with van der Waals surface area (Å²) in [5.41, 5.74) is 0.346. The lowest BCUT2D eigenvalue weighted by Crippen LogP contribution is -2.31. The number of hydrogen-bond donors (Lipinski definition) is 1. The predicted molar refractivity (Wildman–Crippen MR) is 99.1 cm³/mol. The Morgan fingerprint density at radius 1 is 1.15 bits per heavy atom. The normalized spacial score (nSPS) is 11.6. The Morgan fingerprint density at radius 2 is 1.85 bits per heavy atom. The molecule has 8 heteroatoms. The van der Waals surface area contributed by atoms with Crippen molar-refractivity contribution in [1.29, 1.82) is 0 Å². The number of anilines is 1. The summed E-state index contributed by atoms with van der Waals surface area (Å²) in [6, 6.07) is 7.80. The highest BCUT2D eigenvalue weighted by atomic mass is 32.2. The Labute approximate surface area is 154 Å². The summed E-state index contributed by atoms with van der Waals surface area (Å²) in [4.78, 5) is 12.3. The van der Waals surface area contributed by atoms with Crippen LogP contribution in [0.5, 0.6) is 5.75 Å². The molecule has 1 aromatic heterocycles. The average molecular weight is 380 g/mol. The van der Waals surface area contributed by atoms with Gasteiger partial charge >= 0.3 is 0 Å². The van der Waals surface area contributed by atoms with Crippen molar-refractivity contribution in [3.8, 4) is 5.75 Å². The first-order valence-electron chi connectivity index (χ1n) is 8.48. The molecule has 7 nitrogen and oxygen atoms in total. The molecule has 0 aliphatic carbocycles. The quantitative estimate of drug-likeness (QED) is 0.759. The highest BCUT2D eigenvalue weighted by Gasteiger charge is 2.26. The van der Waals surface area contributed by atoms with Gasteiger partial charge in [-0.05, 0) is 44.2 Å². The number of aryl methyl sites for hydroxylation is 1. The van der Waals surface area contributed by atoms with E-state index in [1.807, 2.05) is 0 Å². The maximum absolute atomic E-state index is 12.9. The monoisotopic (exact) mass is 380 g/mol. The fourth-order valence-electron chi connectivity index (χ4n) is 2.51. The van der Waals surface area contributed by atoms with E-state index in [2.05, 4.69) is 5.32 Å². The predicted octanol–water partition coefficient (Wildman–Crippen LogP) is 3.27. The van der Waals surface area contributed by atoms with Gasteiger partial charge in [0.15, 0.2) is 5.76 Å². The number of carbonyl (C=O) groups excluding carboxylic acids is 1. The molecule has 0 saturated heterocycles. The fourth-order valence-corrected chi connectivity index (χ4v) is 4.13. The van der Waals surface area contributed by atoms with Crippen molar-refractivity contribution in [1.82, 2.24) is 4.31 Å². The van der Waals surface area contributed by atoms with Crippen LogP contribution in [0.25, 0.3) is 0 Å². The van der Waals surface area contributed by atoms with Crippen LogP contribution < -0.4 is 10.1 Å². The maximum Gasteiger partial charge on any atom is 0.291 e. The van der Waals surface area contributed by atoms with Gasteiger partial charge in [-0.2, -0.15) is 4.31 Å². The summed E-state index contributed by atoms with van der Waals surface area (Å²) >= 11 is 0. The van der Waals surface area contributed by atoms with Gasteiger partial charge in [0.2, 0.25) is 10.0 Å². The van der Waals surface area contributed by atoms with Gasteiger partial charge in [-0.1, -0.05) is 13.8 Å². The highest BCUT2D eigenvalue weighted by molar-refractivity contribution is 7.89. The SMILES string of the molecule is CCOc1ccc(NC(=O)c2ccc(C)o2)cc1S(=O)(=O)N(CC)CC. The van der Waals surface area contributed by atoms with E-state index in [1.54, 1.807) is 52.0 Å². The number of amides is 1. The molecule has 0 spiro atoms. The van der Waals surface area contributed by atoms with E-state index in [4.69, 9.17) is 9.15 Å². The summed E-state index contributed by atoms with van der Waals surface area (Å²) in [7, 11) is -3.74. The van der Waals surface area contributed by atoms with Crippen LogP contribution in [-0.4, -0.2) is 38.3 Å². The summed E-state index contributed by atoms with van der Waals surface area (Å²) in [6.07, 6.45) is 0. The number of carbonyl (C=O) groups is 1. The third-order valence-corrected chi connectivity index (χ3v) is 5.86. The lowest BCUT2D eigenvalue weighted by atomic mass is 10.3. The highest BCUT2D eigenvalue weighted by Crippen LogP contribution is 2.30. The number of furan rings is 1. The molecule has 0 atom stereocenters. The first-order chi connectivity index (χ1) is 12.3. The number of rotatable bonds is 8. The molecule has 0 bridgehead atoms. The van der Waals surface area contributed by atoms with E-state index in [9.17, 15) is 13.2 Å². The minimum Gasteiger partial charge on any atom is -0.492 e. The second-order valence-corrected chi connectivity index (χ2v) is 7.45. The van der Waals surface area contributed by atoms with Crippen LogP contribution in [0, 0.1) is 6.92 Å². The van der Waals surface area contributed by atoms with Crippen molar-refractivity contribution in [3.63, 3.8) is 0 Å². The summed E-state index contributed by atoms with van der Waals surface area (Å²) < 4.78 is 37.9. The first kappa shape index (κ1) is 20.0. The lowest BCUT2D eigenvalue weighted by molar-refractivity contribution is 0.0995. The van der Waals surface area contributed by atoms with Crippen molar-refractivity contribution >= 4 is 21.6 Å². The van der Waals surface area contributed by atoms with E-state index < -0.39 is 15.9 Å².